The zero-order chi connectivity index (χ0) is 19.2. The number of aromatic nitrogens is 2. The average molecular weight is 432 g/mol. The Balaban J connectivity index is 0.00000225. The topological polar surface area (TPSA) is 107 Å². The molecule has 3 saturated heterocycles. The molecule has 3 N–H and O–H groups in total. The second-order valence-corrected chi connectivity index (χ2v) is 10.2. The lowest BCUT2D eigenvalue weighted by Gasteiger charge is -2.34. The summed E-state index contributed by atoms with van der Waals surface area (Å²) in [5, 5.41) is 13.5. The first-order valence-electron chi connectivity index (χ1n) is 9.92. The minimum Gasteiger partial charge on any atom is -0.353 e. The van der Waals surface area contributed by atoms with Crippen LogP contribution in [0.25, 0.3) is 0 Å². The standard InChI is InChI=1S/C18H29N5O3S.ClH/c1-11-17(12(2)22-21-11)27(25,26)23-7-3-4-13(10-23)18(24)20-16-8-14-5-6-15(9-16)19-14;/h13-16,19H,3-10H2,1-2H3,(H,20,24)(H,21,22);1H. The molecule has 3 unspecified atom stereocenters. The van der Waals surface area contributed by atoms with Crippen molar-refractivity contribution in [1.29, 1.82) is 0 Å². The quantitative estimate of drug-likeness (QED) is 0.665. The third-order valence-corrected chi connectivity index (χ3v) is 8.36. The molecule has 3 aliphatic rings. The molecule has 1 aromatic rings. The summed E-state index contributed by atoms with van der Waals surface area (Å²) in [4.78, 5) is 13.1. The summed E-state index contributed by atoms with van der Waals surface area (Å²) < 4.78 is 27.6. The summed E-state index contributed by atoms with van der Waals surface area (Å²) in [6, 6.07) is 1.25. The molecule has 8 nitrogen and oxygen atoms in total. The van der Waals surface area contributed by atoms with Crippen molar-refractivity contribution in [3.8, 4) is 0 Å². The number of nitrogens with one attached hydrogen (secondary N) is 3. The van der Waals surface area contributed by atoms with Gasteiger partial charge in [-0.15, -0.1) is 12.4 Å². The highest BCUT2D eigenvalue weighted by molar-refractivity contribution is 7.89. The lowest BCUT2D eigenvalue weighted by molar-refractivity contribution is -0.127. The van der Waals surface area contributed by atoms with Crippen LogP contribution in [-0.2, 0) is 14.8 Å². The largest absolute Gasteiger partial charge is 0.353 e. The number of fused-ring (bicyclic) bond motifs is 2. The van der Waals surface area contributed by atoms with Crippen molar-refractivity contribution in [1.82, 2.24) is 25.1 Å². The normalized spacial score (nSPS) is 30.6. The summed E-state index contributed by atoms with van der Waals surface area (Å²) >= 11 is 0. The van der Waals surface area contributed by atoms with E-state index in [1.807, 2.05) is 0 Å². The molecule has 0 spiro atoms. The first-order chi connectivity index (χ1) is 12.8. The number of sulfonamides is 1. The maximum atomic E-state index is 13.1. The lowest BCUT2D eigenvalue weighted by atomic mass is 9.95. The molecule has 3 atom stereocenters. The van der Waals surface area contributed by atoms with Crippen LogP contribution in [0, 0.1) is 19.8 Å². The molecule has 28 heavy (non-hydrogen) atoms. The van der Waals surface area contributed by atoms with Crippen LogP contribution in [0.3, 0.4) is 0 Å². The number of carbonyl (C=O) groups is 1. The van der Waals surface area contributed by atoms with Gasteiger partial charge in [-0.1, -0.05) is 0 Å². The minimum atomic E-state index is -3.64. The Hall–Kier alpha value is -1.16. The van der Waals surface area contributed by atoms with E-state index in [0.717, 1.165) is 19.3 Å². The Morgan fingerprint density at radius 3 is 2.46 bits per heavy atom. The summed E-state index contributed by atoms with van der Waals surface area (Å²) in [5.74, 6) is -0.282. The van der Waals surface area contributed by atoms with Crippen molar-refractivity contribution in [2.75, 3.05) is 13.1 Å². The van der Waals surface area contributed by atoms with E-state index in [-0.39, 0.29) is 41.7 Å². The summed E-state index contributed by atoms with van der Waals surface area (Å²) in [6.45, 7) is 4.10. The molecule has 3 aliphatic heterocycles. The predicted molar refractivity (Wildman–Crippen MR) is 108 cm³/mol. The minimum absolute atomic E-state index is 0. The number of aromatic amines is 1. The smallest absolute Gasteiger partial charge is 0.246 e. The molecule has 0 saturated carbocycles. The monoisotopic (exact) mass is 431 g/mol. The molecule has 3 fully saturated rings. The van der Waals surface area contributed by atoms with E-state index in [9.17, 15) is 13.2 Å². The molecule has 4 rings (SSSR count). The third kappa shape index (κ3) is 4.08. The lowest BCUT2D eigenvalue weighted by Crippen LogP contribution is -2.51. The number of carbonyl (C=O) groups excluding carboxylic acids is 1. The third-order valence-electron chi connectivity index (χ3n) is 6.23. The Kier molecular flexibility index (Phi) is 6.38. The van der Waals surface area contributed by atoms with E-state index in [2.05, 4.69) is 20.8 Å². The van der Waals surface area contributed by atoms with Gasteiger partial charge in [-0.05, 0) is 52.4 Å². The second kappa shape index (κ2) is 8.30. The summed E-state index contributed by atoms with van der Waals surface area (Å²) in [6.07, 6.45) is 5.77. The van der Waals surface area contributed by atoms with Crippen molar-refractivity contribution in [2.24, 2.45) is 5.92 Å². The fourth-order valence-electron chi connectivity index (χ4n) is 4.92. The Labute approximate surface area is 172 Å². The fourth-order valence-corrected chi connectivity index (χ4v) is 6.77. The van der Waals surface area contributed by atoms with Crippen molar-refractivity contribution in [3.05, 3.63) is 11.4 Å². The summed E-state index contributed by atoms with van der Waals surface area (Å²) in [5.41, 5.74) is 1.02. The van der Waals surface area contributed by atoms with Gasteiger partial charge in [-0.3, -0.25) is 9.89 Å². The first-order valence-corrected chi connectivity index (χ1v) is 11.4. The Bertz CT molecular complexity index is 796. The van der Waals surface area contributed by atoms with Crippen LogP contribution in [-0.4, -0.2) is 60.0 Å². The molecular formula is C18H30ClN5O3S. The number of halogens is 1. The Morgan fingerprint density at radius 1 is 1.18 bits per heavy atom. The van der Waals surface area contributed by atoms with Gasteiger partial charge in [0.2, 0.25) is 15.9 Å². The number of hydrogen-bond donors (Lipinski definition) is 3. The van der Waals surface area contributed by atoms with E-state index in [0.29, 0.717) is 36.4 Å². The maximum Gasteiger partial charge on any atom is 0.246 e. The van der Waals surface area contributed by atoms with Crippen molar-refractivity contribution in [3.63, 3.8) is 0 Å². The number of hydrogen-bond acceptors (Lipinski definition) is 5. The van der Waals surface area contributed by atoms with Crippen LogP contribution < -0.4 is 10.6 Å². The zero-order valence-electron chi connectivity index (χ0n) is 16.4. The van der Waals surface area contributed by atoms with Crippen LogP contribution in [0.2, 0.25) is 0 Å². The molecule has 4 heterocycles. The molecular weight excluding hydrogens is 402 g/mol. The van der Waals surface area contributed by atoms with Crippen LogP contribution in [0.15, 0.2) is 4.90 Å². The second-order valence-electron chi connectivity index (χ2n) is 8.28. The number of rotatable bonds is 4. The molecule has 2 bridgehead atoms. The summed E-state index contributed by atoms with van der Waals surface area (Å²) in [7, 11) is -3.64. The highest BCUT2D eigenvalue weighted by Gasteiger charge is 2.38. The van der Waals surface area contributed by atoms with Gasteiger partial charge in [0.25, 0.3) is 0 Å². The molecule has 1 aromatic heterocycles. The Morgan fingerprint density at radius 2 is 1.86 bits per heavy atom. The van der Waals surface area contributed by atoms with Crippen LogP contribution in [0.5, 0.6) is 0 Å². The number of piperidine rings is 2. The highest BCUT2D eigenvalue weighted by Crippen LogP contribution is 2.29. The van der Waals surface area contributed by atoms with E-state index >= 15 is 0 Å². The fraction of sp³-hybridized carbons (Fsp3) is 0.778. The van der Waals surface area contributed by atoms with E-state index < -0.39 is 10.0 Å². The van der Waals surface area contributed by atoms with Gasteiger partial charge in [-0.25, -0.2) is 8.42 Å². The van der Waals surface area contributed by atoms with E-state index in [1.165, 1.54) is 17.1 Å². The van der Waals surface area contributed by atoms with E-state index in [4.69, 9.17) is 0 Å². The predicted octanol–water partition coefficient (Wildman–Crippen LogP) is 1.25. The van der Waals surface area contributed by atoms with E-state index in [1.54, 1.807) is 13.8 Å². The number of nitrogens with zero attached hydrogens (tertiary/aromatic N) is 2. The van der Waals surface area contributed by atoms with Gasteiger partial charge in [0.15, 0.2) is 0 Å². The maximum absolute atomic E-state index is 13.1. The van der Waals surface area contributed by atoms with Crippen LogP contribution >= 0.6 is 12.4 Å². The van der Waals surface area contributed by atoms with Crippen molar-refractivity contribution < 1.29 is 13.2 Å². The van der Waals surface area contributed by atoms with Gasteiger partial charge < -0.3 is 10.6 Å². The van der Waals surface area contributed by atoms with Crippen LogP contribution in [0.1, 0.15) is 49.9 Å². The molecule has 0 radical (unpaired) electrons. The van der Waals surface area contributed by atoms with Gasteiger partial charge in [0.05, 0.1) is 17.3 Å². The molecule has 0 aliphatic carbocycles. The molecule has 1 amide bonds. The number of amides is 1. The van der Waals surface area contributed by atoms with Gasteiger partial charge in [-0.2, -0.15) is 9.40 Å². The van der Waals surface area contributed by atoms with Gasteiger partial charge >= 0.3 is 0 Å². The van der Waals surface area contributed by atoms with Gasteiger partial charge in [0.1, 0.15) is 4.90 Å². The molecule has 10 heteroatoms. The molecule has 158 valence electrons. The SMILES string of the molecule is Cc1n[nH]c(C)c1S(=O)(=O)N1CCCC(C(=O)NC2CC3CCC(C2)N3)C1.Cl. The highest BCUT2D eigenvalue weighted by atomic mass is 35.5. The zero-order valence-corrected chi connectivity index (χ0v) is 18.0. The molecule has 0 aromatic carbocycles. The number of H-pyrrole nitrogens is 1. The van der Waals surface area contributed by atoms with Crippen molar-refractivity contribution in [2.45, 2.75) is 75.4 Å². The number of aryl methyl sites for hydroxylation is 2. The van der Waals surface area contributed by atoms with Crippen LogP contribution in [0.4, 0.5) is 0 Å². The van der Waals surface area contributed by atoms with Gasteiger partial charge in [0, 0.05) is 31.2 Å². The average Bonchev–Trinajstić information content (AvgIpc) is 3.16. The first kappa shape index (κ1) is 21.5. The van der Waals surface area contributed by atoms with Crippen molar-refractivity contribution >= 4 is 28.3 Å².